The lowest BCUT2D eigenvalue weighted by atomic mass is 9.56. The molecule has 14 heteroatoms. The summed E-state index contributed by atoms with van der Waals surface area (Å²) >= 11 is 0. The Morgan fingerprint density at radius 3 is 1.69 bits per heavy atom. The molecule has 0 amide bonds. The largest absolute Gasteiger partial charge is 0.394 e. The maximum atomic E-state index is 14.7. The number of benzene rings is 3. The molecule has 2 saturated heterocycles. The number of Topliss-reactive ketones (excluding diaryl/α,β-unsaturated/α-hetero) is 3. The van der Waals surface area contributed by atoms with E-state index < -0.39 is 95.3 Å². The third-order valence-electron chi connectivity index (χ3n) is 9.08. The van der Waals surface area contributed by atoms with Gasteiger partial charge in [-0.25, -0.2) is 0 Å². The number of ketones is 3. The molecule has 2 heterocycles. The molecule has 48 heavy (non-hydrogen) atoms. The van der Waals surface area contributed by atoms with Crippen LogP contribution < -0.4 is 0 Å². The van der Waals surface area contributed by atoms with Crippen LogP contribution in [-0.4, -0.2) is 138 Å². The van der Waals surface area contributed by atoms with Gasteiger partial charge in [-0.2, -0.15) is 0 Å². The van der Waals surface area contributed by atoms with E-state index in [1.54, 1.807) is 6.07 Å². The van der Waals surface area contributed by atoms with Crippen molar-refractivity contribution in [3.05, 3.63) is 108 Å². The van der Waals surface area contributed by atoms with Crippen LogP contribution in [0.4, 0.5) is 0 Å². The minimum atomic E-state index is -3.97. The maximum absolute atomic E-state index is 14.7. The van der Waals surface area contributed by atoms with Crippen molar-refractivity contribution in [3.63, 3.8) is 0 Å². The molecule has 1 unspecified atom stereocenters. The third kappa shape index (κ3) is 5.31. The summed E-state index contributed by atoms with van der Waals surface area (Å²) < 4.78 is 16.7. The maximum Gasteiger partial charge on any atom is 0.218 e. The number of hydrogen-bond donors (Lipinski definition) is 8. The number of rotatable bonds is 10. The first kappa shape index (κ1) is 35.5. The van der Waals surface area contributed by atoms with Gasteiger partial charge in [0.15, 0.2) is 17.7 Å². The number of carbonyl (C=O) groups excluding carboxylic acids is 3. The molecule has 2 fully saturated rings. The molecule has 5 rings (SSSR count). The van der Waals surface area contributed by atoms with Gasteiger partial charge in [-0.1, -0.05) is 91.0 Å². The molecule has 0 aromatic heterocycles. The molecule has 14 nitrogen and oxygen atoms in total. The molecule has 0 radical (unpaired) electrons. The Morgan fingerprint density at radius 1 is 0.729 bits per heavy atom. The fourth-order valence-electron chi connectivity index (χ4n) is 6.54. The van der Waals surface area contributed by atoms with E-state index in [9.17, 15) is 55.2 Å². The summed E-state index contributed by atoms with van der Waals surface area (Å²) in [6.07, 6.45) is -18.6. The molecule has 3 aromatic carbocycles. The number of methoxy groups -OCH3 is 1. The van der Waals surface area contributed by atoms with Gasteiger partial charge in [0.1, 0.15) is 42.7 Å². The Labute approximate surface area is 274 Å². The lowest BCUT2D eigenvalue weighted by Crippen LogP contribution is -2.90. The minimum Gasteiger partial charge on any atom is -0.394 e. The van der Waals surface area contributed by atoms with Crippen LogP contribution in [0.25, 0.3) is 0 Å². The van der Waals surface area contributed by atoms with E-state index in [1.807, 2.05) is 0 Å². The van der Waals surface area contributed by atoms with E-state index >= 15 is 0 Å². The minimum absolute atomic E-state index is 0.141. The number of aliphatic hydroxyl groups excluding tert-OH is 5. The second-order valence-corrected chi connectivity index (χ2v) is 11.7. The first-order valence-corrected chi connectivity index (χ1v) is 14.9. The standard InChI is InChI=1S/C34H36O14/c1-46-31-32(43,27(41)19-13-7-3-8-14-19)34(45,28(42)20-15-9-4-10-16-20)33(44,29-26(40)24(38)23(37)21(17-35)47-29)30(48-31)25(39)22(36)18-11-5-2-6-12-18/h2-16,21,23-26,29-31,35,37-40,43-45H,17H2,1H3/t21-,23+,24+,25?,26-,29-,30-,31+,32+,33+,34-/m1/s1. The fraction of sp³-hybridized carbons (Fsp3) is 0.382. The van der Waals surface area contributed by atoms with Crippen molar-refractivity contribution in [1.29, 1.82) is 0 Å². The van der Waals surface area contributed by atoms with Crippen molar-refractivity contribution >= 4 is 17.3 Å². The quantitative estimate of drug-likeness (QED) is 0.114. The number of carbonyl (C=O) groups is 3. The highest BCUT2D eigenvalue weighted by Crippen LogP contribution is 2.53. The van der Waals surface area contributed by atoms with E-state index in [0.717, 1.165) is 7.11 Å². The lowest BCUT2D eigenvalue weighted by molar-refractivity contribution is -0.404. The third-order valence-corrected chi connectivity index (χ3v) is 9.08. The van der Waals surface area contributed by atoms with Gasteiger partial charge in [0, 0.05) is 23.8 Å². The summed E-state index contributed by atoms with van der Waals surface area (Å²) in [5, 5.41) is 92.7. The fourth-order valence-corrected chi connectivity index (χ4v) is 6.54. The molecular formula is C34H36O14. The van der Waals surface area contributed by atoms with Crippen LogP contribution in [0.5, 0.6) is 0 Å². The van der Waals surface area contributed by atoms with E-state index in [2.05, 4.69) is 0 Å². The summed E-state index contributed by atoms with van der Waals surface area (Å²) in [4.78, 5) is 42.8. The molecule has 0 spiro atoms. The Morgan fingerprint density at radius 2 is 1.21 bits per heavy atom. The highest BCUT2D eigenvalue weighted by atomic mass is 16.7. The van der Waals surface area contributed by atoms with Gasteiger partial charge in [0.25, 0.3) is 0 Å². The molecule has 8 N–H and O–H groups in total. The summed E-state index contributed by atoms with van der Waals surface area (Å²) in [5.41, 5.74) is -12.3. The number of aliphatic hydroxyl groups is 8. The molecule has 0 bridgehead atoms. The predicted molar refractivity (Wildman–Crippen MR) is 163 cm³/mol. The van der Waals surface area contributed by atoms with Crippen molar-refractivity contribution in [2.75, 3.05) is 13.7 Å². The average Bonchev–Trinajstić information content (AvgIpc) is 3.12. The Hall–Kier alpha value is -3.77. The molecule has 3 aromatic rings. The SMILES string of the molecule is CO[C@H]1O[C@H](C(O)C(=O)c2ccccc2)[C@@](O)([C@@H]2O[C@H](CO)[C@H](O)[C@H](O)[C@H]2O)[C@@](O)(C(=O)c2ccccc2)[C@]1(O)C(=O)c1ccccc1. The summed E-state index contributed by atoms with van der Waals surface area (Å²) in [6.45, 7) is -1.05. The van der Waals surface area contributed by atoms with Crippen LogP contribution in [0.3, 0.4) is 0 Å². The lowest BCUT2D eigenvalue weighted by Gasteiger charge is -2.62. The zero-order valence-corrected chi connectivity index (χ0v) is 25.5. The Balaban J connectivity index is 1.85. The molecule has 0 saturated carbocycles. The molecule has 2 aliphatic heterocycles. The summed E-state index contributed by atoms with van der Waals surface area (Å²) in [6, 6.07) is 20.4. The Kier molecular flexibility index (Phi) is 10.1. The van der Waals surface area contributed by atoms with Crippen LogP contribution in [0, 0.1) is 0 Å². The molecular weight excluding hydrogens is 632 g/mol. The van der Waals surface area contributed by atoms with Gasteiger partial charge < -0.3 is 55.1 Å². The van der Waals surface area contributed by atoms with Crippen molar-refractivity contribution in [1.82, 2.24) is 0 Å². The topological polar surface area (TPSA) is 241 Å². The number of ether oxygens (including phenoxy) is 3. The first-order valence-electron chi connectivity index (χ1n) is 14.9. The zero-order chi connectivity index (χ0) is 35.0. The van der Waals surface area contributed by atoms with Gasteiger partial charge >= 0.3 is 0 Å². The zero-order valence-electron chi connectivity index (χ0n) is 25.5. The van der Waals surface area contributed by atoms with Gasteiger partial charge in [0.05, 0.1) is 6.61 Å². The van der Waals surface area contributed by atoms with Crippen LogP contribution in [0.2, 0.25) is 0 Å². The van der Waals surface area contributed by atoms with Crippen molar-refractivity contribution < 1.29 is 69.4 Å². The van der Waals surface area contributed by atoms with Gasteiger partial charge in [0.2, 0.25) is 22.8 Å². The Bertz CT molecular complexity index is 1600. The highest BCUT2D eigenvalue weighted by molar-refractivity contribution is 6.13. The van der Waals surface area contributed by atoms with Crippen LogP contribution >= 0.6 is 0 Å². The van der Waals surface area contributed by atoms with Crippen molar-refractivity contribution in [3.8, 4) is 0 Å². The van der Waals surface area contributed by atoms with Crippen LogP contribution in [0.15, 0.2) is 91.0 Å². The van der Waals surface area contributed by atoms with E-state index in [4.69, 9.17) is 14.2 Å². The van der Waals surface area contributed by atoms with Gasteiger partial charge in [-0.05, 0) is 0 Å². The normalized spacial score (nSPS) is 35.8. The molecule has 2 aliphatic rings. The number of hydrogen-bond acceptors (Lipinski definition) is 14. The smallest absolute Gasteiger partial charge is 0.218 e. The van der Waals surface area contributed by atoms with Crippen LogP contribution in [-0.2, 0) is 14.2 Å². The monoisotopic (exact) mass is 668 g/mol. The molecule has 11 atom stereocenters. The summed E-state index contributed by atoms with van der Waals surface area (Å²) in [5.74, 6) is -4.16. The molecule has 256 valence electrons. The second-order valence-electron chi connectivity index (χ2n) is 11.7. The average molecular weight is 669 g/mol. The molecule has 0 aliphatic carbocycles. The summed E-state index contributed by atoms with van der Waals surface area (Å²) in [7, 11) is 0.919. The highest BCUT2D eigenvalue weighted by Gasteiger charge is 2.82. The first-order chi connectivity index (χ1) is 22.8. The van der Waals surface area contributed by atoms with E-state index in [0.29, 0.717) is 0 Å². The van der Waals surface area contributed by atoms with E-state index in [1.165, 1.54) is 84.9 Å². The second kappa shape index (κ2) is 13.6. The predicted octanol–water partition coefficient (Wildman–Crippen LogP) is -1.60. The van der Waals surface area contributed by atoms with E-state index in [-0.39, 0.29) is 11.1 Å². The van der Waals surface area contributed by atoms with Crippen molar-refractivity contribution in [2.24, 2.45) is 0 Å². The van der Waals surface area contributed by atoms with Crippen LogP contribution in [0.1, 0.15) is 31.1 Å². The van der Waals surface area contributed by atoms with Gasteiger partial charge in [-0.3, -0.25) is 14.4 Å². The van der Waals surface area contributed by atoms with Crippen molar-refractivity contribution in [2.45, 2.75) is 65.8 Å². The van der Waals surface area contributed by atoms with Gasteiger partial charge in [-0.15, -0.1) is 0 Å².